The van der Waals surface area contributed by atoms with E-state index in [9.17, 15) is 22.8 Å². The Morgan fingerprint density at radius 3 is 2.27 bits per heavy atom. The molecule has 88 valence electrons. The summed E-state index contributed by atoms with van der Waals surface area (Å²) in [5.74, 6) is -3.67. The van der Waals surface area contributed by atoms with Crippen LogP contribution in [0.25, 0.3) is 0 Å². The molecule has 0 spiro atoms. The molecule has 0 aromatic rings. The lowest BCUT2D eigenvalue weighted by Crippen LogP contribution is -2.46. The molecular formula is C8H12F3NO3. The maximum Gasteiger partial charge on any atom is 0.471 e. The van der Waals surface area contributed by atoms with Gasteiger partial charge in [-0.25, -0.2) is 4.79 Å². The molecule has 0 radical (unpaired) electrons. The van der Waals surface area contributed by atoms with E-state index in [1.165, 1.54) is 5.32 Å². The van der Waals surface area contributed by atoms with Gasteiger partial charge in [-0.05, 0) is 6.42 Å². The Labute approximate surface area is 84.5 Å². The number of amides is 1. The van der Waals surface area contributed by atoms with E-state index in [1.54, 1.807) is 6.92 Å². The number of nitrogens with one attached hydrogen (secondary N) is 1. The summed E-state index contributed by atoms with van der Waals surface area (Å²) in [5.41, 5.74) is 0. The maximum absolute atomic E-state index is 11.8. The van der Waals surface area contributed by atoms with Gasteiger partial charge in [-0.1, -0.05) is 19.8 Å². The summed E-state index contributed by atoms with van der Waals surface area (Å²) < 4.78 is 35.4. The molecule has 0 saturated heterocycles. The third-order valence-corrected chi connectivity index (χ3v) is 1.71. The second-order valence-corrected chi connectivity index (χ2v) is 3.00. The van der Waals surface area contributed by atoms with Gasteiger partial charge in [0.25, 0.3) is 0 Å². The van der Waals surface area contributed by atoms with Gasteiger partial charge < -0.3 is 10.4 Å². The first kappa shape index (κ1) is 13.7. The highest BCUT2D eigenvalue weighted by Gasteiger charge is 2.40. The zero-order valence-electron chi connectivity index (χ0n) is 8.10. The molecule has 0 aliphatic carbocycles. The predicted molar refractivity (Wildman–Crippen MR) is 45.1 cm³/mol. The Hall–Kier alpha value is -1.27. The number of aliphatic carboxylic acids is 1. The van der Waals surface area contributed by atoms with Gasteiger partial charge in [-0.2, -0.15) is 13.2 Å². The third kappa shape index (κ3) is 5.24. The zero-order valence-corrected chi connectivity index (χ0v) is 8.10. The number of hydrogen-bond acceptors (Lipinski definition) is 2. The molecule has 0 aliphatic heterocycles. The number of carboxylic acid groups (broad SMARTS) is 1. The van der Waals surface area contributed by atoms with Crippen molar-refractivity contribution in [3.05, 3.63) is 0 Å². The van der Waals surface area contributed by atoms with Crippen molar-refractivity contribution in [2.24, 2.45) is 0 Å². The van der Waals surface area contributed by atoms with Crippen LogP contribution in [0.4, 0.5) is 13.2 Å². The molecule has 0 fully saturated rings. The lowest BCUT2D eigenvalue weighted by atomic mass is 10.1. The molecule has 0 aromatic heterocycles. The standard InChI is InChI=1S/C8H12F3NO3/c1-2-3-4-5(6(13)14)12-7(15)8(9,10)11/h5H,2-4H2,1H3,(H,12,15)(H,13,14)/t5-/m0/s1. The number of carbonyl (C=O) groups excluding carboxylic acids is 1. The first-order valence-corrected chi connectivity index (χ1v) is 4.39. The van der Waals surface area contributed by atoms with Crippen LogP contribution in [0.3, 0.4) is 0 Å². The molecule has 7 heteroatoms. The van der Waals surface area contributed by atoms with Crippen molar-refractivity contribution in [3.8, 4) is 0 Å². The predicted octanol–water partition coefficient (Wildman–Crippen LogP) is 1.31. The molecule has 0 heterocycles. The minimum atomic E-state index is -5.04. The number of unbranched alkanes of at least 4 members (excludes halogenated alkanes) is 1. The van der Waals surface area contributed by atoms with Crippen molar-refractivity contribution >= 4 is 11.9 Å². The summed E-state index contributed by atoms with van der Waals surface area (Å²) in [6, 6.07) is -1.47. The van der Waals surface area contributed by atoms with E-state index in [0.717, 1.165) is 0 Å². The average Bonchev–Trinajstić information content (AvgIpc) is 2.09. The largest absolute Gasteiger partial charge is 0.480 e. The molecule has 2 N–H and O–H groups in total. The van der Waals surface area contributed by atoms with Gasteiger partial charge in [0.2, 0.25) is 0 Å². The second-order valence-electron chi connectivity index (χ2n) is 3.00. The average molecular weight is 227 g/mol. The van der Waals surface area contributed by atoms with Gasteiger partial charge in [0.1, 0.15) is 6.04 Å². The summed E-state index contributed by atoms with van der Waals surface area (Å²) in [5, 5.41) is 9.96. The van der Waals surface area contributed by atoms with Crippen molar-refractivity contribution in [2.45, 2.75) is 38.4 Å². The molecule has 0 aliphatic rings. The van der Waals surface area contributed by atoms with Crippen LogP contribution >= 0.6 is 0 Å². The highest BCUT2D eigenvalue weighted by atomic mass is 19.4. The molecule has 4 nitrogen and oxygen atoms in total. The Morgan fingerprint density at radius 2 is 1.93 bits per heavy atom. The molecule has 0 rings (SSSR count). The van der Waals surface area contributed by atoms with Gasteiger partial charge in [0.05, 0.1) is 0 Å². The quantitative estimate of drug-likeness (QED) is 0.744. The molecular weight excluding hydrogens is 215 g/mol. The smallest absolute Gasteiger partial charge is 0.471 e. The molecule has 0 aromatic carbocycles. The van der Waals surface area contributed by atoms with E-state index >= 15 is 0 Å². The van der Waals surface area contributed by atoms with Gasteiger partial charge in [0, 0.05) is 0 Å². The van der Waals surface area contributed by atoms with Gasteiger partial charge in [-0.3, -0.25) is 4.79 Å². The molecule has 0 bridgehead atoms. The molecule has 15 heavy (non-hydrogen) atoms. The minimum absolute atomic E-state index is 0.00630. The van der Waals surface area contributed by atoms with Crippen molar-refractivity contribution in [1.29, 1.82) is 0 Å². The van der Waals surface area contributed by atoms with Crippen LogP contribution in [-0.2, 0) is 9.59 Å². The minimum Gasteiger partial charge on any atom is -0.480 e. The summed E-state index contributed by atoms with van der Waals surface area (Å²) >= 11 is 0. The van der Waals surface area contributed by atoms with E-state index in [0.29, 0.717) is 12.8 Å². The normalized spacial score (nSPS) is 13.3. The van der Waals surface area contributed by atoms with E-state index in [4.69, 9.17) is 5.11 Å². The fraction of sp³-hybridized carbons (Fsp3) is 0.750. The highest BCUT2D eigenvalue weighted by Crippen LogP contribution is 2.15. The Balaban J connectivity index is 4.29. The fourth-order valence-electron chi connectivity index (χ4n) is 0.906. The van der Waals surface area contributed by atoms with E-state index in [2.05, 4.69) is 0 Å². The van der Waals surface area contributed by atoms with Crippen molar-refractivity contribution < 1.29 is 27.9 Å². The monoisotopic (exact) mass is 227 g/mol. The lowest BCUT2D eigenvalue weighted by molar-refractivity contribution is -0.175. The Kier molecular flexibility index (Phi) is 5.10. The molecule has 0 saturated carbocycles. The fourth-order valence-corrected chi connectivity index (χ4v) is 0.906. The zero-order chi connectivity index (χ0) is 12.1. The van der Waals surface area contributed by atoms with Crippen LogP contribution in [0, 0.1) is 0 Å². The molecule has 1 amide bonds. The van der Waals surface area contributed by atoms with Crippen LogP contribution in [0.2, 0.25) is 0 Å². The molecule has 1 atom stereocenters. The van der Waals surface area contributed by atoms with Crippen molar-refractivity contribution in [1.82, 2.24) is 5.32 Å². The number of halogens is 3. The van der Waals surface area contributed by atoms with E-state index in [-0.39, 0.29) is 6.42 Å². The van der Waals surface area contributed by atoms with Gasteiger partial charge in [0.15, 0.2) is 0 Å². The van der Waals surface area contributed by atoms with Crippen LogP contribution in [0.1, 0.15) is 26.2 Å². The number of alkyl halides is 3. The Bertz CT molecular complexity index is 240. The third-order valence-electron chi connectivity index (χ3n) is 1.71. The van der Waals surface area contributed by atoms with Crippen LogP contribution in [0.15, 0.2) is 0 Å². The number of carboxylic acids is 1. The van der Waals surface area contributed by atoms with Crippen LogP contribution < -0.4 is 5.32 Å². The Morgan fingerprint density at radius 1 is 1.40 bits per heavy atom. The van der Waals surface area contributed by atoms with Crippen molar-refractivity contribution in [2.75, 3.05) is 0 Å². The van der Waals surface area contributed by atoms with Gasteiger partial charge >= 0.3 is 18.1 Å². The SMILES string of the molecule is CCCC[C@H](NC(=O)C(F)(F)F)C(=O)O. The van der Waals surface area contributed by atoms with Gasteiger partial charge in [-0.15, -0.1) is 0 Å². The topological polar surface area (TPSA) is 66.4 Å². The summed E-state index contributed by atoms with van der Waals surface area (Å²) in [6.07, 6.45) is -3.96. The number of carbonyl (C=O) groups is 2. The summed E-state index contributed by atoms with van der Waals surface area (Å²) in [7, 11) is 0. The van der Waals surface area contributed by atoms with E-state index in [1.807, 2.05) is 0 Å². The first-order chi connectivity index (χ1) is 6.79. The van der Waals surface area contributed by atoms with E-state index < -0.39 is 24.1 Å². The van der Waals surface area contributed by atoms with Crippen LogP contribution in [0.5, 0.6) is 0 Å². The highest BCUT2D eigenvalue weighted by molar-refractivity contribution is 5.86. The lowest BCUT2D eigenvalue weighted by Gasteiger charge is -2.14. The molecule has 0 unspecified atom stereocenters. The number of hydrogen-bond donors (Lipinski definition) is 2. The van der Waals surface area contributed by atoms with Crippen molar-refractivity contribution in [3.63, 3.8) is 0 Å². The maximum atomic E-state index is 11.8. The van der Waals surface area contributed by atoms with Crippen LogP contribution in [-0.4, -0.2) is 29.2 Å². The summed E-state index contributed by atoms with van der Waals surface area (Å²) in [4.78, 5) is 20.9. The first-order valence-electron chi connectivity index (χ1n) is 4.39. The number of rotatable bonds is 5. The second kappa shape index (κ2) is 5.57. The summed E-state index contributed by atoms with van der Waals surface area (Å²) in [6.45, 7) is 1.77.